The Kier molecular flexibility index (Phi) is 6.68. The topological polar surface area (TPSA) is 104 Å². The van der Waals surface area contributed by atoms with E-state index in [2.05, 4.69) is 4.72 Å². The Morgan fingerprint density at radius 2 is 1.33 bits per heavy atom. The average molecular weight is 481 g/mol. The summed E-state index contributed by atoms with van der Waals surface area (Å²) in [4.78, 5) is 23.9. The van der Waals surface area contributed by atoms with Crippen molar-refractivity contribution >= 4 is 27.5 Å². The van der Waals surface area contributed by atoms with Crippen LogP contribution in [0.4, 0.5) is 23.2 Å². The number of alkyl halides is 3. The van der Waals surface area contributed by atoms with Crippen molar-refractivity contribution in [3.8, 4) is 0 Å². The van der Waals surface area contributed by atoms with Crippen LogP contribution in [0.15, 0.2) is 77.7 Å². The first-order chi connectivity index (χ1) is 15.5. The molecule has 0 fully saturated rings. The first-order valence-corrected chi connectivity index (χ1v) is 10.6. The lowest BCUT2D eigenvalue weighted by Crippen LogP contribution is -2.42. The maximum absolute atomic E-state index is 13.7. The number of sulfonamides is 1. The standard InChI is InChI=1S/C21H15F4N3O4S/c22-17-10-3-1-8-15(17)19(29)26-27-20(30)16-9-2-4-11-18(16)28-33(31,32)14-7-5-6-13(12-14)21(23,24)25/h1-12,28H,(H,26,29)(H,27,30). The van der Waals surface area contributed by atoms with Gasteiger partial charge in [0.05, 0.1) is 27.3 Å². The molecule has 0 bridgehead atoms. The SMILES string of the molecule is O=C(NNC(=O)c1ccccc1NS(=O)(=O)c1cccc(C(F)(F)F)c1)c1ccccc1F. The largest absolute Gasteiger partial charge is 0.416 e. The molecule has 0 heterocycles. The van der Waals surface area contributed by atoms with Crippen LogP contribution in [0, 0.1) is 5.82 Å². The first kappa shape index (κ1) is 23.7. The highest BCUT2D eigenvalue weighted by molar-refractivity contribution is 7.92. The van der Waals surface area contributed by atoms with Gasteiger partial charge in [-0.15, -0.1) is 0 Å². The molecule has 0 aliphatic carbocycles. The lowest BCUT2D eigenvalue weighted by atomic mass is 10.2. The van der Waals surface area contributed by atoms with Gasteiger partial charge in [0.15, 0.2) is 0 Å². The fourth-order valence-electron chi connectivity index (χ4n) is 2.71. The summed E-state index contributed by atoms with van der Waals surface area (Å²) in [5, 5.41) is 0. The van der Waals surface area contributed by atoms with E-state index in [1.807, 2.05) is 10.9 Å². The molecule has 2 amide bonds. The second kappa shape index (κ2) is 9.28. The van der Waals surface area contributed by atoms with Crippen LogP contribution >= 0.6 is 0 Å². The summed E-state index contributed by atoms with van der Waals surface area (Å²) in [5.74, 6) is -2.73. The number of nitrogens with one attached hydrogen (secondary N) is 3. The molecule has 0 aromatic heterocycles. The number of carbonyl (C=O) groups is 2. The molecule has 0 aliphatic rings. The zero-order valence-corrected chi connectivity index (χ0v) is 17.3. The summed E-state index contributed by atoms with van der Waals surface area (Å²) in [6.07, 6.45) is -4.75. The number of para-hydroxylation sites is 1. The Morgan fingerprint density at radius 3 is 1.97 bits per heavy atom. The lowest BCUT2D eigenvalue weighted by Gasteiger charge is -2.14. The zero-order chi connectivity index (χ0) is 24.2. The van der Waals surface area contributed by atoms with Gasteiger partial charge in [-0.1, -0.05) is 30.3 Å². The van der Waals surface area contributed by atoms with Gasteiger partial charge in [-0.2, -0.15) is 13.2 Å². The van der Waals surface area contributed by atoms with Crippen molar-refractivity contribution in [2.24, 2.45) is 0 Å². The van der Waals surface area contributed by atoms with E-state index in [4.69, 9.17) is 0 Å². The van der Waals surface area contributed by atoms with Crippen molar-refractivity contribution in [3.05, 3.63) is 95.3 Å². The molecule has 3 rings (SSSR count). The van der Waals surface area contributed by atoms with Crippen LogP contribution in [0.1, 0.15) is 26.3 Å². The Morgan fingerprint density at radius 1 is 0.758 bits per heavy atom. The van der Waals surface area contributed by atoms with Gasteiger partial charge in [0.1, 0.15) is 5.82 Å². The summed E-state index contributed by atoms with van der Waals surface area (Å²) < 4.78 is 79.8. The zero-order valence-electron chi connectivity index (χ0n) is 16.5. The minimum absolute atomic E-state index is 0.248. The molecule has 3 N–H and O–H groups in total. The van der Waals surface area contributed by atoms with Crippen molar-refractivity contribution in [1.82, 2.24) is 10.9 Å². The summed E-state index contributed by atoms with van der Waals surface area (Å²) >= 11 is 0. The number of anilines is 1. The number of carbonyl (C=O) groups excluding carboxylic acids is 2. The van der Waals surface area contributed by atoms with E-state index in [0.29, 0.717) is 6.07 Å². The Balaban J connectivity index is 1.79. The van der Waals surface area contributed by atoms with Crippen LogP contribution in [-0.4, -0.2) is 20.2 Å². The van der Waals surface area contributed by atoms with E-state index < -0.39 is 44.3 Å². The normalized spacial score (nSPS) is 11.5. The minimum Gasteiger partial charge on any atom is -0.279 e. The van der Waals surface area contributed by atoms with E-state index in [9.17, 15) is 35.6 Å². The summed E-state index contributed by atoms with van der Waals surface area (Å²) in [5.41, 5.74) is 2.03. The van der Waals surface area contributed by atoms with Gasteiger partial charge in [-0.05, 0) is 42.5 Å². The Bertz CT molecular complexity index is 1310. The van der Waals surface area contributed by atoms with Gasteiger partial charge in [0.2, 0.25) is 0 Å². The number of rotatable bonds is 5. The minimum atomic E-state index is -4.75. The molecule has 0 spiro atoms. The van der Waals surface area contributed by atoms with E-state index in [-0.39, 0.29) is 16.8 Å². The maximum Gasteiger partial charge on any atom is 0.416 e. The van der Waals surface area contributed by atoms with Crippen LogP contribution in [0.25, 0.3) is 0 Å². The Labute approximate surface area is 185 Å². The quantitative estimate of drug-likeness (QED) is 0.382. The molecule has 3 aromatic carbocycles. The van der Waals surface area contributed by atoms with Gasteiger partial charge in [-0.25, -0.2) is 12.8 Å². The fraction of sp³-hybridized carbons (Fsp3) is 0.0476. The Hall–Kier alpha value is -3.93. The van der Waals surface area contributed by atoms with Crippen molar-refractivity contribution < 1.29 is 35.6 Å². The van der Waals surface area contributed by atoms with Crippen LogP contribution in [0.3, 0.4) is 0 Å². The van der Waals surface area contributed by atoms with Crippen LogP contribution < -0.4 is 15.6 Å². The van der Waals surface area contributed by atoms with Crippen molar-refractivity contribution in [2.75, 3.05) is 4.72 Å². The van der Waals surface area contributed by atoms with E-state index >= 15 is 0 Å². The molecule has 0 radical (unpaired) electrons. The van der Waals surface area contributed by atoms with Crippen molar-refractivity contribution in [2.45, 2.75) is 11.1 Å². The third-order valence-corrected chi connectivity index (χ3v) is 5.66. The van der Waals surface area contributed by atoms with Gasteiger partial charge in [-0.3, -0.25) is 25.2 Å². The smallest absolute Gasteiger partial charge is 0.279 e. The van der Waals surface area contributed by atoms with Crippen molar-refractivity contribution in [1.29, 1.82) is 0 Å². The lowest BCUT2D eigenvalue weighted by molar-refractivity contribution is -0.137. The molecule has 0 aliphatic heterocycles. The molecule has 3 aromatic rings. The number of hydrogen-bond donors (Lipinski definition) is 3. The molecule has 0 unspecified atom stereocenters. The van der Waals surface area contributed by atoms with Gasteiger partial charge in [0, 0.05) is 0 Å². The molecular formula is C21H15F4N3O4S. The van der Waals surface area contributed by atoms with E-state index in [0.717, 1.165) is 24.3 Å². The number of hydrazine groups is 1. The molecule has 0 atom stereocenters. The summed E-state index contributed by atoms with van der Waals surface area (Å²) in [6, 6.07) is 13.3. The van der Waals surface area contributed by atoms with E-state index in [1.54, 1.807) is 0 Å². The molecule has 12 heteroatoms. The second-order valence-corrected chi connectivity index (χ2v) is 8.25. The van der Waals surface area contributed by atoms with Crippen LogP contribution in [0.5, 0.6) is 0 Å². The molecule has 0 saturated heterocycles. The first-order valence-electron chi connectivity index (χ1n) is 9.13. The van der Waals surface area contributed by atoms with Gasteiger partial charge < -0.3 is 0 Å². The monoisotopic (exact) mass is 481 g/mol. The number of amides is 2. The fourth-order valence-corrected chi connectivity index (χ4v) is 3.83. The van der Waals surface area contributed by atoms with Gasteiger partial charge in [0.25, 0.3) is 21.8 Å². The van der Waals surface area contributed by atoms with E-state index in [1.165, 1.54) is 42.5 Å². The predicted octanol–water partition coefficient (Wildman–Crippen LogP) is 3.72. The maximum atomic E-state index is 13.7. The summed E-state index contributed by atoms with van der Waals surface area (Å²) in [6.45, 7) is 0. The highest BCUT2D eigenvalue weighted by Gasteiger charge is 2.32. The third kappa shape index (κ3) is 5.66. The number of benzene rings is 3. The van der Waals surface area contributed by atoms with Crippen LogP contribution in [-0.2, 0) is 16.2 Å². The molecule has 7 nitrogen and oxygen atoms in total. The average Bonchev–Trinajstić information content (AvgIpc) is 2.77. The van der Waals surface area contributed by atoms with Crippen molar-refractivity contribution in [3.63, 3.8) is 0 Å². The summed E-state index contributed by atoms with van der Waals surface area (Å²) in [7, 11) is -4.50. The van der Waals surface area contributed by atoms with Crippen LogP contribution in [0.2, 0.25) is 0 Å². The second-order valence-electron chi connectivity index (χ2n) is 6.56. The number of halogens is 4. The van der Waals surface area contributed by atoms with Gasteiger partial charge >= 0.3 is 6.18 Å². The third-order valence-electron chi connectivity index (χ3n) is 4.30. The molecule has 0 saturated carbocycles. The number of hydrogen-bond acceptors (Lipinski definition) is 4. The molecular weight excluding hydrogens is 466 g/mol. The molecule has 172 valence electrons. The highest BCUT2D eigenvalue weighted by atomic mass is 32.2. The molecule has 33 heavy (non-hydrogen) atoms. The highest BCUT2D eigenvalue weighted by Crippen LogP contribution is 2.31. The predicted molar refractivity (Wildman–Crippen MR) is 110 cm³/mol.